The van der Waals surface area contributed by atoms with Gasteiger partial charge in [-0.2, -0.15) is 35.1 Å². The van der Waals surface area contributed by atoms with E-state index in [-0.39, 0.29) is 21.8 Å². The Balaban J connectivity index is 0.000000244. The molecule has 6 nitrogen and oxygen atoms in total. The Morgan fingerprint density at radius 3 is 0.687 bits per heavy atom. The summed E-state index contributed by atoms with van der Waals surface area (Å²) in [6.45, 7) is 0. The maximum atomic E-state index is 11.8. The molecule has 0 atom stereocenters. The summed E-state index contributed by atoms with van der Waals surface area (Å²) in [5.41, 5.74) is 0. The highest BCUT2D eigenvalue weighted by Gasteiger charge is 2.68. The Morgan fingerprint density at radius 1 is 0.358 bits per heavy atom. The first-order valence-electron chi connectivity index (χ1n) is 17.9. The van der Waals surface area contributed by atoms with Crippen molar-refractivity contribution in [2.75, 3.05) is 0 Å². The van der Waals surface area contributed by atoms with Crippen LogP contribution in [0.2, 0.25) is 15.1 Å². The predicted octanol–water partition coefficient (Wildman–Crippen LogP) is 13.6. The third-order valence-corrected chi connectivity index (χ3v) is 15.1. The molecule has 6 aromatic carbocycles. The van der Waals surface area contributed by atoms with Crippen LogP contribution in [0.25, 0.3) is 0 Å². The van der Waals surface area contributed by atoms with Crippen molar-refractivity contribution in [1.29, 1.82) is 0 Å². The molecule has 0 saturated heterocycles. The van der Waals surface area contributed by atoms with Crippen LogP contribution in [-0.2, 0) is 42.0 Å². The SMILES string of the molecule is Clc1ccc([S+](c2ccccc2)c2ccc(Cl)cc2)cc1.Clc1ccc([S+](c2ccccc2)c2ccccc2)cc1.O=S(=O)([O-])C(F)(F)C(F)(F)C(F)F.O=S(=O)([O-])C(F)(F)C(F)(F)C(F)F. The summed E-state index contributed by atoms with van der Waals surface area (Å²) in [7, 11) is -13.9. The molecule has 362 valence electrons. The van der Waals surface area contributed by atoms with E-state index in [1.165, 1.54) is 29.4 Å². The molecule has 0 N–H and O–H groups in total. The van der Waals surface area contributed by atoms with E-state index in [0.29, 0.717) is 0 Å². The zero-order chi connectivity index (χ0) is 50.6. The molecule has 67 heavy (non-hydrogen) atoms. The monoisotopic (exact) mass is 1090 g/mol. The summed E-state index contributed by atoms with van der Waals surface area (Å²) >= 11 is 18.0. The van der Waals surface area contributed by atoms with E-state index < -0.39 is 55.4 Å². The number of hydrogen-bond acceptors (Lipinski definition) is 6. The van der Waals surface area contributed by atoms with Crippen molar-refractivity contribution in [2.24, 2.45) is 0 Å². The van der Waals surface area contributed by atoms with E-state index in [1.807, 2.05) is 42.5 Å². The summed E-state index contributed by atoms with van der Waals surface area (Å²) in [5, 5.41) is -10.3. The van der Waals surface area contributed by atoms with Crippen LogP contribution in [0, 0.1) is 0 Å². The lowest BCUT2D eigenvalue weighted by Gasteiger charge is -2.27. The molecule has 0 aliphatic heterocycles. The molecular formula is C42H29Cl3F12O6S4. The van der Waals surface area contributed by atoms with Crippen molar-refractivity contribution in [2.45, 2.75) is 64.6 Å². The minimum absolute atomic E-state index is 0.0815. The fraction of sp³-hybridized carbons (Fsp3) is 0.143. The molecule has 0 saturated carbocycles. The zero-order valence-corrected chi connectivity index (χ0v) is 38.5. The second-order valence-corrected chi connectivity index (χ2v) is 20.9. The fourth-order valence-corrected chi connectivity index (χ4v) is 10.2. The van der Waals surface area contributed by atoms with Crippen LogP contribution in [0.4, 0.5) is 52.7 Å². The molecule has 0 aliphatic rings. The normalized spacial score (nSPS) is 12.4. The first-order chi connectivity index (χ1) is 31.0. The van der Waals surface area contributed by atoms with Gasteiger partial charge < -0.3 is 9.11 Å². The third-order valence-electron chi connectivity index (χ3n) is 8.04. The zero-order valence-electron chi connectivity index (χ0n) is 33.0. The topological polar surface area (TPSA) is 114 Å². The van der Waals surface area contributed by atoms with E-state index in [4.69, 9.17) is 34.8 Å². The van der Waals surface area contributed by atoms with Gasteiger partial charge in [0.1, 0.15) is 0 Å². The summed E-state index contributed by atoms with van der Waals surface area (Å²) in [6, 6.07) is 56.0. The number of hydrogen-bond donors (Lipinski definition) is 0. The molecule has 0 radical (unpaired) electrons. The second-order valence-electron chi connectivity index (χ2n) is 12.7. The van der Waals surface area contributed by atoms with Crippen LogP contribution in [0.1, 0.15) is 0 Å². The summed E-state index contributed by atoms with van der Waals surface area (Å²) in [5.74, 6) is -12.4. The molecule has 0 aromatic heterocycles. The largest absolute Gasteiger partial charge is 0.743 e. The molecule has 6 rings (SSSR count). The Hall–Kier alpha value is -4.13. The van der Waals surface area contributed by atoms with Crippen LogP contribution in [0.3, 0.4) is 0 Å². The first kappa shape index (κ1) is 57.2. The fourth-order valence-electron chi connectivity index (χ4n) is 4.79. The average Bonchev–Trinajstić information content (AvgIpc) is 3.27. The number of benzene rings is 6. The number of halogens is 15. The second kappa shape index (κ2) is 23.9. The van der Waals surface area contributed by atoms with Crippen molar-refractivity contribution < 1.29 is 78.6 Å². The van der Waals surface area contributed by atoms with E-state index in [9.17, 15) is 78.6 Å². The van der Waals surface area contributed by atoms with Gasteiger partial charge in [0, 0.05) is 15.1 Å². The Labute approximate surface area is 396 Å². The van der Waals surface area contributed by atoms with Crippen LogP contribution in [0.15, 0.2) is 193 Å². The molecule has 6 aromatic rings. The van der Waals surface area contributed by atoms with Gasteiger partial charge in [-0.25, -0.2) is 34.4 Å². The Morgan fingerprint density at radius 2 is 0.537 bits per heavy atom. The Bertz CT molecular complexity index is 2540. The van der Waals surface area contributed by atoms with Gasteiger partial charge in [0.25, 0.3) is 0 Å². The molecular weight excluding hydrogens is 1060 g/mol. The van der Waals surface area contributed by atoms with Gasteiger partial charge >= 0.3 is 35.2 Å². The van der Waals surface area contributed by atoms with E-state index in [2.05, 4.69) is 121 Å². The lowest BCUT2D eigenvalue weighted by molar-refractivity contribution is -0.227. The Kier molecular flexibility index (Phi) is 20.4. The standard InChI is InChI=1S/C18H13Cl2S.C18H14ClS.2C3H2F6O3S/c19-14-6-10-17(11-7-14)21(16-4-2-1-3-5-16)18-12-8-15(20)9-13-18;19-15-11-13-18(14-12-15)20(16-7-3-1-4-8-16)17-9-5-2-6-10-17;2*4-1(5)2(6,7)3(8,9)13(10,11)12/h1-13H;1-14H;2*1H,(H,10,11,12)/q2*+1;;/p-2. The minimum Gasteiger partial charge on any atom is -0.743 e. The van der Waals surface area contributed by atoms with Gasteiger partial charge in [-0.15, -0.1) is 0 Å². The van der Waals surface area contributed by atoms with E-state index in [0.717, 1.165) is 15.1 Å². The predicted molar refractivity (Wildman–Crippen MR) is 229 cm³/mol. The molecule has 0 bridgehead atoms. The molecule has 0 unspecified atom stereocenters. The van der Waals surface area contributed by atoms with Gasteiger partial charge in [0.05, 0.1) is 21.8 Å². The molecule has 0 amide bonds. The number of rotatable bonds is 12. The van der Waals surface area contributed by atoms with Crippen molar-refractivity contribution in [3.63, 3.8) is 0 Å². The highest BCUT2D eigenvalue weighted by atomic mass is 35.5. The van der Waals surface area contributed by atoms with Crippen molar-refractivity contribution >= 4 is 76.8 Å². The highest BCUT2D eigenvalue weighted by Crippen LogP contribution is 2.43. The molecule has 0 aliphatic carbocycles. The van der Waals surface area contributed by atoms with Gasteiger partial charge in [0.2, 0.25) is 0 Å². The summed E-state index contributed by atoms with van der Waals surface area (Å²) in [6.07, 6.45) is -9.88. The minimum atomic E-state index is -6.82. The quantitative estimate of drug-likeness (QED) is 0.0685. The molecule has 25 heteroatoms. The molecule has 0 fully saturated rings. The lowest BCUT2D eigenvalue weighted by Crippen LogP contribution is -2.51. The van der Waals surface area contributed by atoms with Crippen molar-refractivity contribution in [1.82, 2.24) is 0 Å². The maximum absolute atomic E-state index is 11.8. The van der Waals surface area contributed by atoms with Crippen LogP contribution in [-0.4, -0.2) is 61.1 Å². The molecule has 0 spiro atoms. The van der Waals surface area contributed by atoms with Crippen LogP contribution < -0.4 is 0 Å². The van der Waals surface area contributed by atoms with Crippen LogP contribution >= 0.6 is 34.8 Å². The average molecular weight is 1090 g/mol. The highest BCUT2D eigenvalue weighted by molar-refractivity contribution is 7.97. The van der Waals surface area contributed by atoms with Gasteiger partial charge in [0.15, 0.2) is 49.6 Å². The van der Waals surface area contributed by atoms with E-state index >= 15 is 0 Å². The summed E-state index contributed by atoms with van der Waals surface area (Å²) < 4.78 is 196. The summed E-state index contributed by atoms with van der Waals surface area (Å²) in [4.78, 5) is 7.69. The molecule has 0 heterocycles. The van der Waals surface area contributed by atoms with Crippen molar-refractivity contribution in [3.05, 3.63) is 179 Å². The van der Waals surface area contributed by atoms with Crippen molar-refractivity contribution in [3.8, 4) is 0 Å². The van der Waals surface area contributed by atoms with Gasteiger partial charge in [-0.1, -0.05) is 89.4 Å². The smallest absolute Gasteiger partial charge is 0.402 e. The van der Waals surface area contributed by atoms with Gasteiger partial charge in [-0.05, 0) is 109 Å². The lowest BCUT2D eigenvalue weighted by atomic mass is 10.3. The number of alkyl halides is 12. The van der Waals surface area contributed by atoms with Gasteiger partial charge in [-0.3, -0.25) is 0 Å². The van der Waals surface area contributed by atoms with Crippen LogP contribution in [0.5, 0.6) is 0 Å². The van der Waals surface area contributed by atoms with E-state index in [1.54, 1.807) is 0 Å². The third kappa shape index (κ3) is 14.9. The first-order valence-corrected chi connectivity index (χ1v) is 24.3. The maximum Gasteiger partial charge on any atom is 0.402 e.